The Morgan fingerprint density at radius 3 is 2.71 bits per heavy atom. The molecule has 2 aromatic rings. The summed E-state index contributed by atoms with van der Waals surface area (Å²) in [5.74, 6) is 0.755. The van der Waals surface area contributed by atoms with Crippen molar-refractivity contribution >= 4 is 28.8 Å². The molecule has 2 heterocycles. The molecule has 0 bridgehead atoms. The van der Waals surface area contributed by atoms with Crippen LogP contribution >= 0.6 is 22.9 Å². The maximum atomic E-state index is 5.78. The molecule has 1 unspecified atom stereocenters. The van der Waals surface area contributed by atoms with Crippen molar-refractivity contribution in [2.45, 2.75) is 26.8 Å². The summed E-state index contributed by atoms with van der Waals surface area (Å²) in [6.45, 7) is 6.03. The average molecular weight is 269 g/mol. The molecule has 0 saturated heterocycles. The van der Waals surface area contributed by atoms with E-state index in [9.17, 15) is 0 Å². The van der Waals surface area contributed by atoms with Gasteiger partial charge in [0.25, 0.3) is 0 Å². The van der Waals surface area contributed by atoms with Gasteiger partial charge in [-0.3, -0.25) is 0 Å². The Labute approximate surface area is 109 Å². The van der Waals surface area contributed by atoms with Gasteiger partial charge in [0.15, 0.2) is 0 Å². The van der Waals surface area contributed by atoms with Gasteiger partial charge in [-0.2, -0.15) is 0 Å². The Morgan fingerprint density at radius 1 is 1.29 bits per heavy atom. The summed E-state index contributed by atoms with van der Waals surface area (Å²) < 4.78 is 0. The van der Waals surface area contributed by atoms with Gasteiger partial charge in [0.1, 0.15) is 10.8 Å². The topological polar surface area (TPSA) is 50.7 Å². The first kappa shape index (κ1) is 12.3. The van der Waals surface area contributed by atoms with Crippen LogP contribution in [0.15, 0.2) is 12.4 Å². The van der Waals surface area contributed by atoms with E-state index < -0.39 is 0 Å². The predicted molar refractivity (Wildman–Crippen MR) is 70.7 cm³/mol. The number of hydrogen-bond donors (Lipinski definition) is 1. The summed E-state index contributed by atoms with van der Waals surface area (Å²) in [6, 6.07) is 0.110. The number of aryl methyl sites for hydroxylation is 2. The van der Waals surface area contributed by atoms with Crippen LogP contribution in [0.1, 0.15) is 28.4 Å². The number of halogens is 1. The third kappa shape index (κ3) is 2.92. The Bertz CT molecular complexity index is 526. The Morgan fingerprint density at radius 2 is 2.06 bits per heavy atom. The van der Waals surface area contributed by atoms with Crippen LogP contribution in [0.4, 0.5) is 5.82 Å². The highest BCUT2D eigenvalue weighted by molar-refractivity contribution is 7.11. The van der Waals surface area contributed by atoms with Gasteiger partial charge >= 0.3 is 0 Å². The lowest BCUT2D eigenvalue weighted by Crippen LogP contribution is -2.09. The summed E-state index contributed by atoms with van der Waals surface area (Å²) in [5.41, 5.74) is 0.967. The Kier molecular flexibility index (Phi) is 3.59. The van der Waals surface area contributed by atoms with Crippen molar-refractivity contribution in [3.8, 4) is 0 Å². The van der Waals surface area contributed by atoms with Gasteiger partial charge < -0.3 is 5.32 Å². The molecule has 2 rings (SSSR count). The van der Waals surface area contributed by atoms with Crippen molar-refractivity contribution in [3.05, 3.63) is 33.1 Å². The van der Waals surface area contributed by atoms with Crippen molar-refractivity contribution in [1.29, 1.82) is 0 Å². The van der Waals surface area contributed by atoms with Gasteiger partial charge in [-0.25, -0.2) is 15.0 Å². The number of nitrogens with zero attached hydrogens (tertiary/aromatic N) is 3. The van der Waals surface area contributed by atoms with E-state index >= 15 is 0 Å². The molecule has 90 valence electrons. The highest BCUT2D eigenvalue weighted by Crippen LogP contribution is 2.24. The van der Waals surface area contributed by atoms with E-state index in [2.05, 4.69) is 20.3 Å². The van der Waals surface area contributed by atoms with E-state index in [0.29, 0.717) is 0 Å². The van der Waals surface area contributed by atoms with Gasteiger partial charge in [-0.05, 0) is 32.4 Å². The second-order valence-electron chi connectivity index (χ2n) is 3.85. The van der Waals surface area contributed by atoms with Crippen LogP contribution in [0.2, 0.25) is 5.28 Å². The van der Waals surface area contributed by atoms with Crippen molar-refractivity contribution in [1.82, 2.24) is 15.0 Å². The normalized spacial score (nSPS) is 12.5. The predicted octanol–water partition coefficient (Wildman–Crippen LogP) is 3.38. The molecule has 0 aromatic carbocycles. The fraction of sp³-hybridized carbons (Fsp3) is 0.364. The molecule has 1 atom stereocenters. The van der Waals surface area contributed by atoms with Crippen LogP contribution in [0.5, 0.6) is 0 Å². The van der Waals surface area contributed by atoms with Crippen molar-refractivity contribution < 1.29 is 0 Å². The summed E-state index contributed by atoms with van der Waals surface area (Å²) in [7, 11) is 0. The lowest BCUT2D eigenvalue weighted by molar-refractivity contribution is 0.855. The van der Waals surface area contributed by atoms with Gasteiger partial charge in [-0.15, -0.1) is 11.3 Å². The minimum atomic E-state index is 0.110. The zero-order valence-electron chi connectivity index (χ0n) is 9.86. The second-order valence-corrected chi connectivity index (χ2v) is 5.45. The molecule has 4 nitrogen and oxygen atoms in total. The van der Waals surface area contributed by atoms with Gasteiger partial charge in [0.05, 0.1) is 6.04 Å². The average Bonchev–Trinajstić information content (AvgIpc) is 2.70. The van der Waals surface area contributed by atoms with Crippen LogP contribution < -0.4 is 5.32 Å². The zero-order chi connectivity index (χ0) is 12.4. The van der Waals surface area contributed by atoms with Gasteiger partial charge in [0.2, 0.25) is 5.28 Å². The summed E-state index contributed by atoms with van der Waals surface area (Å²) in [5, 5.41) is 4.58. The van der Waals surface area contributed by atoms with Crippen LogP contribution in [0.3, 0.4) is 0 Å². The maximum Gasteiger partial charge on any atom is 0.224 e. The van der Waals surface area contributed by atoms with Gasteiger partial charge in [0, 0.05) is 22.8 Å². The smallest absolute Gasteiger partial charge is 0.224 e. The van der Waals surface area contributed by atoms with E-state index in [4.69, 9.17) is 11.6 Å². The second kappa shape index (κ2) is 4.98. The molecule has 1 N–H and O–H groups in total. The standard InChI is InChI=1S/C11H13ClN4S/c1-6-4-14-11(12)16-9(6)15-8(3)10-13-5-7(2)17-10/h4-5,8H,1-3H3,(H,14,15,16). The van der Waals surface area contributed by atoms with Crippen molar-refractivity contribution in [2.75, 3.05) is 5.32 Å². The third-order valence-electron chi connectivity index (χ3n) is 2.31. The molecular weight excluding hydrogens is 256 g/mol. The number of thiazole rings is 1. The van der Waals surface area contributed by atoms with Crippen LogP contribution in [0, 0.1) is 13.8 Å². The largest absolute Gasteiger partial charge is 0.361 e. The number of hydrogen-bond acceptors (Lipinski definition) is 5. The highest BCUT2D eigenvalue weighted by atomic mass is 35.5. The molecule has 0 fully saturated rings. The molecule has 6 heteroatoms. The minimum absolute atomic E-state index is 0.110. The van der Waals surface area contributed by atoms with Crippen LogP contribution in [0.25, 0.3) is 0 Å². The van der Waals surface area contributed by atoms with E-state index in [-0.39, 0.29) is 11.3 Å². The number of nitrogens with one attached hydrogen (secondary N) is 1. The lowest BCUT2D eigenvalue weighted by Gasteiger charge is -2.13. The SMILES string of the molecule is Cc1cnc(C(C)Nc2nc(Cl)ncc2C)s1. The molecule has 0 aliphatic rings. The quantitative estimate of drug-likeness (QED) is 0.867. The van der Waals surface area contributed by atoms with E-state index in [1.165, 1.54) is 4.88 Å². The molecule has 0 aliphatic heterocycles. The lowest BCUT2D eigenvalue weighted by atomic mass is 10.3. The molecular formula is C11H13ClN4S. The first-order chi connectivity index (χ1) is 8.06. The zero-order valence-corrected chi connectivity index (χ0v) is 11.4. The van der Waals surface area contributed by atoms with E-state index in [0.717, 1.165) is 16.4 Å². The summed E-state index contributed by atoms with van der Waals surface area (Å²) >= 11 is 7.45. The van der Waals surface area contributed by atoms with Crippen molar-refractivity contribution in [2.24, 2.45) is 0 Å². The monoisotopic (exact) mass is 268 g/mol. The van der Waals surface area contributed by atoms with Crippen LogP contribution in [-0.2, 0) is 0 Å². The Hall–Kier alpha value is -1.20. The summed E-state index contributed by atoms with van der Waals surface area (Å²) in [4.78, 5) is 13.6. The molecule has 0 aliphatic carbocycles. The number of aromatic nitrogens is 3. The van der Waals surface area contributed by atoms with E-state index in [1.54, 1.807) is 17.5 Å². The van der Waals surface area contributed by atoms with E-state index in [1.807, 2.05) is 27.0 Å². The fourth-order valence-corrected chi connectivity index (χ4v) is 2.32. The molecule has 0 saturated carbocycles. The molecule has 2 aromatic heterocycles. The van der Waals surface area contributed by atoms with Crippen molar-refractivity contribution in [3.63, 3.8) is 0 Å². The minimum Gasteiger partial charge on any atom is -0.361 e. The Balaban J connectivity index is 2.18. The highest BCUT2D eigenvalue weighted by Gasteiger charge is 2.11. The first-order valence-electron chi connectivity index (χ1n) is 5.24. The number of rotatable bonds is 3. The molecule has 0 radical (unpaired) electrons. The fourth-order valence-electron chi connectivity index (χ4n) is 1.41. The molecule has 0 spiro atoms. The third-order valence-corrected chi connectivity index (χ3v) is 3.58. The number of anilines is 1. The molecule has 0 amide bonds. The summed E-state index contributed by atoms with van der Waals surface area (Å²) in [6.07, 6.45) is 3.58. The van der Waals surface area contributed by atoms with Crippen LogP contribution in [-0.4, -0.2) is 15.0 Å². The first-order valence-corrected chi connectivity index (χ1v) is 6.43. The van der Waals surface area contributed by atoms with Gasteiger partial charge in [-0.1, -0.05) is 0 Å². The maximum absolute atomic E-state index is 5.78. The molecule has 17 heavy (non-hydrogen) atoms.